The monoisotopic (exact) mass is 302 g/mol. The predicted molar refractivity (Wildman–Crippen MR) is 82.2 cm³/mol. The largest absolute Gasteiger partial charge is 0.480 e. The molecule has 116 valence electrons. The number of hydrogen-bond acceptors (Lipinski definition) is 3. The zero-order chi connectivity index (χ0) is 15.3. The van der Waals surface area contributed by atoms with E-state index in [9.17, 15) is 9.59 Å². The van der Waals surface area contributed by atoms with Crippen LogP contribution >= 0.6 is 11.8 Å². The molecule has 1 aliphatic carbocycles. The molecule has 1 aliphatic rings. The van der Waals surface area contributed by atoms with Crippen molar-refractivity contribution < 1.29 is 14.7 Å². The highest BCUT2D eigenvalue weighted by Gasteiger charge is 2.32. The summed E-state index contributed by atoms with van der Waals surface area (Å²) in [6.07, 6.45) is 6.48. The van der Waals surface area contributed by atoms with Crippen LogP contribution in [0.1, 0.15) is 46.5 Å². The van der Waals surface area contributed by atoms with Crippen LogP contribution < -0.4 is 5.32 Å². The molecule has 5 nitrogen and oxygen atoms in total. The second kappa shape index (κ2) is 7.20. The van der Waals surface area contributed by atoms with Crippen LogP contribution in [0.5, 0.6) is 0 Å². The molecule has 0 aromatic carbocycles. The number of urea groups is 1. The number of carboxylic acid groups (broad SMARTS) is 1. The molecule has 0 aromatic heterocycles. The Labute approximate surface area is 125 Å². The van der Waals surface area contributed by atoms with Crippen molar-refractivity contribution in [2.24, 2.45) is 0 Å². The minimum absolute atomic E-state index is 0.143. The van der Waals surface area contributed by atoms with Crippen LogP contribution in [0.15, 0.2) is 0 Å². The first-order chi connectivity index (χ1) is 9.25. The van der Waals surface area contributed by atoms with Crippen molar-refractivity contribution in [3.05, 3.63) is 0 Å². The van der Waals surface area contributed by atoms with Gasteiger partial charge < -0.3 is 15.3 Å². The van der Waals surface area contributed by atoms with Crippen molar-refractivity contribution in [3.8, 4) is 0 Å². The summed E-state index contributed by atoms with van der Waals surface area (Å²) in [5.74, 6) is -0.986. The normalized spacial score (nSPS) is 23.2. The quantitative estimate of drug-likeness (QED) is 0.837. The molecule has 2 unspecified atom stereocenters. The third-order valence-corrected chi connectivity index (χ3v) is 4.83. The van der Waals surface area contributed by atoms with Gasteiger partial charge in [0.25, 0.3) is 0 Å². The lowest BCUT2D eigenvalue weighted by molar-refractivity contribution is -0.138. The fourth-order valence-corrected chi connectivity index (χ4v) is 3.46. The average molecular weight is 302 g/mol. The van der Waals surface area contributed by atoms with Crippen LogP contribution in [0.2, 0.25) is 0 Å². The molecule has 0 aliphatic heterocycles. The Hall–Kier alpha value is -0.910. The molecule has 0 radical (unpaired) electrons. The lowest BCUT2D eigenvalue weighted by Gasteiger charge is -2.38. The van der Waals surface area contributed by atoms with E-state index >= 15 is 0 Å². The fraction of sp³-hybridized carbons (Fsp3) is 0.857. The smallest absolute Gasteiger partial charge is 0.323 e. The molecule has 2 N–H and O–H groups in total. The summed E-state index contributed by atoms with van der Waals surface area (Å²) in [4.78, 5) is 24.7. The highest BCUT2D eigenvalue weighted by Crippen LogP contribution is 2.27. The predicted octanol–water partition coefficient (Wildman–Crippen LogP) is 2.56. The van der Waals surface area contributed by atoms with Gasteiger partial charge in [0, 0.05) is 16.8 Å². The van der Waals surface area contributed by atoms with Gasteiger partial charge in [0.15, 0.2) is 0 Å². The first kappa shape index (κ1) is 17.1. The molecule has 2 amide bonds. The van der Waals surface area contributed by atoms with E-state index in [0.717, 1.165) is 19.3 Å². The van der Waals surface area contributed by atoms with E-state index in [0.29, 0.717) is 5.25 Å². The molecule has 0 heterocycles. The SMILES string of the molecule is CSC1CCCCC1NC(=O)N(CC(=O)O)C(C)(C)C. The van der Waals surface area contributed by atoms with Crippen LogP contribution in [0.25, 0.3) is 0 Å². The maximum Gasteiger partial charge on any atom is 0.323 e. The maximum atomic E-state index is 12.4. The molecule has 6 heteroatoms. The Morgan fingerprint density at radius 3 is 2.40 bits per heavy atom. The number of carboxylic acids is 1. The zero-order valence-electron chi connectivity index (χ0n) is 12.8. The summed E-state index contributed by atoms with van der Waals surface area (Å²) >= 11 is 1.78. The van der Waals surface area contributed by atoms with E-state index in [-0.39, 0.29) is 18.6 Å². The molecular weight excluding hydrogens is 276 g/mol. The van der Waals surface area contributed by atoms with Gasteiger partial charge in [0.05, 0.1) is 0 Å². The summed E-state index contributed by atoms with van der Waals surface area (Å²) in [6, 6.07) is -0.129. The van der Waals surface area contributed by atoms with Crippen LogP contribution in [-0.4, -0.2) is 51.6 Å². The minimum atomic E-state index is -0.986. The van der Waals surface area contributed by atoms with Crippen molar-refractivity contribution in [2.75, 3.05) is 12.8 Å². The van der Waals surface area contributed by atoms with Crippen molar-refractivity contribution in [2.45, 2.75) is 63.3 Å². The Balaban J connectivity index is 2.72. The summed E-state index contributed by atoms with van der Waals surface area (Å²) in [5.41, 5.74) is -0.508. The van der Waals surface area contributed by atoms with Gasteiger partial charge in [-0.25, -0.2) is 4.79 Å². The third-order valence-electron chi connectivity index (χ3n) is 3.66. The van der Waals surface area contributed by atoms with Gasteiger partial charge in [-0.15, -0.1) is 0 Å². The van der Waals surface area contributed by atoms with E-state index < -0.39 is 11.5 Å². The maximum absolute atomic E-state index is 12.4. The van der Waals surface area contributed by atoms with Gasteiger partial charge in [0.1, 0.15) is 6.54 Å². The standard InChI is InChI=1S/C14H26N2O3S/c1-14(2,3)16(9-12(17)18)13(19)15-10-7-5-6-8-11(10)20-4/h10-11H,5-9H2,1-4H3,(H,15,19)(H,17,18). The molecule has 0 aromatic rings. The van der Waals surface area contributed by atoms with Crippen LogP contribution in [-0.2, 0) is 4.79 Å². The molecule has 20 heavy (non-hydrogen) atoms. The highest BCUT2D eigenvalue weighted by atomic mass is 32.2. The lowest BCUT2D eigenvalue weighted by atomic mass is 9.95. The van der Waals surface area contributed by atoms with Crippen LogP contribution in [0.4, 0.5) is 4.79 Å². The minimum Gasteiger partial charge on any atom is -0.480 e. The van der Waals surface area contributed by atoms with Gasteiger partial charge in [-0.1, -0.05) is 12.8 Å². The van der Waals surface area contributed by atoms with E-state index in [1.165, 1.54) is 11.3 Å². The topological polar surface area (TPSA) is 69.6 Å². The number of nitrogens with one attached hydrogen (secondary N) is 1. The van der Waals surface area contributed by atoms with Crippen molar-refractivity contribution in [3.63, 3.8) is 0 Å². The van der Waals surface area contributed by atoms with E-state index in [1.807, 2.05) is 20.8 Å². The third kappa shape index (κ3) is 4.89. The Morgan fingerprint density at radius 2 is 1.90 bits per heavy atom. The molecule has 0 saturated heterocycles. The van der Waals surface area contributed by atoms with Crippen LogP contribution in [0.3, 0.4) is 0 Å². The number of amides is 2. The molecule has 1 rings (SSSR count). The molecule has 1 saturated carbocycles. The van der Waals surface area contributed by atoms with Gasteiger partial charge >= 0.3 is 12.0 Å². The number of nitrogens with zero attached hydrogens (tertiary/aromatic N) is 1. The van der Waals surface area contributed by atoms with E-state index in [2.05, 4.69) is 11.6 Å². The first-order valence-corrected chi connectivity index (χ1v) is 8.37. The van der Waals surface area contributed by atoms with Gasteiger partial charge in [-0.05, 0) is 39.9 Å². The van der Waals surface area contributed by atoms with E-state index in [1.54, 1.807) is 11.8 Å². The second-order valence-electron chi connectivity index (χ2n) is 6.27. The number of rotatable bonds is 4. The van der Waals surface area contributed by atoms with Crippen molar-refractivity contribution in [1.29, 1.82) is 0 Å². The number of hydrogen-bond donors (Lipinski definition) is 2. The fourth-order valence-electron chi connectivity index (χ4n) is 2.53. The van der Waals surface area contributed by atoms with Gasteiger partial charge in [-0.3, -0.25) is 4.79 Å². The molecule has 0 spiro atoms. The lowest BCUT2D eigenvalue weighted by Crippen LogP contribution is -2.56. The number of aliphatic carboxylic acids is 1. The molecular formula is C14H26N2O3S. The van der Waals surface area contributed by atoms with Gasteiger partial charge in [0.2, 0.25) is 0 Å². The van der Waals surface area contributed by atoms with E-state index in [4.69, 9.17) is 5.11 Å². The summed E-state index contributed by atoms with van der Waals surface area (Å²) in [6.45, 7) is 5.28. The molecule has 2 atom stereocenters. The molecule has 0 bridgehead atoms. The van der Waals surface area contributed by atoms with Gasteiger partial charge in [-0.2, -0.15) is 11.8 Å². The highest BCUT2D eigenvalue weighted by molar-refractivity contribution is 7.99. The number of carbonyl (C=O) groups is 2. The zero-order valence-corrected chi connectivity index (χ0v) is 13.6. The van der Waals surface area contributed by atoms with Crippen molar-refractivity contribution in [1.82, 2.24) is 10.2 Å². The molecule has 1 fully saturated rings. The van der Waals surface area contributed by atoms with Crippen LogP contribution in [0, 0.1) is 0 Å². The Kier molecular flexibility index (Phi) is 6.17. The number of thioether (sulfide) groups is 1. The second-order valence-corrected chi connectivity index (χ2v) is 7.34. The average Bonchev–Trinajstić information content (AvgIpc) is 2.35. The Bertz CT molecular complexity index is 355. The van der Waals surface area contributed by atoms with Crippen molar-refractivity contribution >= 4 is 23.8 Å². The summed E-state index contributed by atoms with van der Waals surface area (Å²) in [7, 11) is 0. The first-order valence-electron chi connectivity index (χ1n) is 7.08. The Morgan fingerprint density at radius 1 is 1.30 bits per heavy atom. The summed E-state index contributed by atoms with van der Waals surface area (Å²) in [5, 5.41) is 12.4. The summed E-state index contributed by atoms with van der Waals surface area (Å²) < 4.78 is 0. The number of carbonyl (C=O) groups excluding carboxylic acids is 1.